The van der Waals surface area contributed by atoms with Gasteiger partial charge >= 0.3 is 0 Å². The van der Waals surface area contributed by atoms with Crippen molar-refractivity contribution in [2.75, 3.05) is 6.61 Å². The molecule has 5 heteroatoms. The highest BCUT2D eigenvalue weighted by Crippen LogP contribution is 2.32. The zero-order valence-electron chi connectivity index (χ0n) is 11.6. The van der Waals surface area contributed by atoms with Crippen molar-refractivity contribution >= 4 is 22.5 Å². The topological polar surface area (TPSA) is 51.5 Å². The summed E-state index contributed by atoms with van der Waals surface area (Å²) in [5.41, 5.74) is 2.28. The molecule has 0 aliphatic rings. The molecule has 0 radical (unpaired) electrons. The molecule has 0 unspecified atom stereocenters. The second-order valence-corrected chi connectivity index (χ2v) is 5.10. The van der Waals surface area contributed by atoms with Gasteiger partial charge in [0.15, 0.2) is 0 Å². The van der Waals surface area contributed by atoms with E-state index in [1.54, 1.807) is 6.07 Å². The van der Waals surface area contributed by atoms with Gasteiger partial charge in [-0.05, 0) is 31.5 Å². The predicted molar refractivity (Wildman–Crippen MR) is 81.4 cm³/mol. The Morgan fingerprint density at radius 3 is 2.90 bits per heavy atom. The van der Waals surface area contributed by atoms with Crippen LogP contribution in [0, 0.1) is 11.8 Å². The summed E-state index contributed by atoms with van der Waals surface area (Å²) in [5, 5.41) is 4.45. The van der Waals surface area contributed by atoms with Crippen LogP contribution in [0.2, 0.25) is 5.02 Å². The van der Waals surface area contributed by atoms with Crippen molar-refractivity contribution < 1.29 is 4.74 Å². The molecule has 2 aromatic rings. The number of nitrogens with zero attached hydrogens (tertiary/aromatic N) is 2. The average molecular weight is 293 g/mol. The van der Waals surface area contributed by atoms with E-state index < -0.39 is 0 Å². The first-order valence-electron chi connectivity index (χ1n) is 6.68. The summed E-state index contributed by atoms with van der Waals surface area (Å²) in [6.07, 6.45) is 2.04. The van der Waals surface area contributed by atoms with Crippen LogP contribution >= 0.6 is 11.6 Å². The Balaban J connectivity index is 2.55. The molecule has 0 aliphatic carbocycles. The lowest BCUT2D eigenvalue weighted by Crippen LogP contribution is -2.03. The number of hydrogen-bond donors (Lipinski definition) is 0. The highest BCUT2D eigenvalue weighted by molar-refractivity contribution is 6.31. The number of aromatic nitrogens is 1. The van der Waals surface area contributed by atoms with E-state index in [0.29, 0.717) is 17.3 Å². The van der Waals surface area contributed by atoms with Gasteiger partial charge in [0.1, 0.15) is 12.3 Å². The smallest absolute Gasteiger partial charge is 0.133 e. The second kappa shape index (κ2) is 6.66. The Morgan fingerprint density at radius 2 is 2.20 bits per heavy atom. The third-order valence-corrected chi connectivity index (χ3v) is 3.43. The van der Waals surface area contributed by atoms with Crippen LogP contribution in [0.1, 0.15) is 31.0 Å². The van der Waals surface area contributed by atoms with Gasteiger partial charge in [-0.3, -0.25) is 4.98 Å². The first-order chi connectivity index (χ1) is 9.67. The molecular formula is C15H17ClN2O2. The molecule has 4 nitrogen and oxygen atoms in total. The van der Waals surface area contributed by atoms with E-state index in [4.69, 9.17) is 16.3 Å². The van der Waals surface area contributed by atoms with Gasteiger partial charge in [-0.2, -0.15) is 4.91 Å². The molecule has 1 aromatic carbocycles. The van der Waals surface area contributed by atoms with Gasteiger partial charge in [0.05, 0.1) is 17.8 Å². The second-order valence-electron chi connectivity index (χ2n) is 4.66. The summed E-state index contributed by atoms with van der Waals surface area (Å²) in [4.78, 5) is 15.0. The standard InChI is InChI=1S/C15H17ClN2O2/c1-3-4-7-20-15-10(2)14(9-17-19)18-13-6-5-11(16)8-12(13)15/h5-6,8H,3-4,7,9H2,1-2H3. The molecule has 0 fully saturated rings. The van der Waals surface area contributed by atoms with Crippen molar-refractivity contribution in [2.24, 2.45) is 5.18 Å². The number of ether oxygens (including phenoxy) is 1. The van der Waals surface area contributed by atoms with Gasteiger partial charge in [0, 0.05) is 16.0 Å². The molecule has 20 heavy (non-hydrogen) atoms. The summed E-state index contributed by atoms with van der Waals surface area (Å²) in [7, 11) is 0. The summed E-state index contributed by atoms with van der Waals surface area (Å²) in [6.45, 7) is 4.69. The lowest BCUT2D eigenvalue weighted by Gasteiger charge is -2.14. The fraction of sp³-hybridized carbons (Fsp3) is 0.400. The largest absolute Gasteiger partial charge is 0.493 e. The molecule has 1 heterocycles. The Labute approximate surface area is 123 Å². The minimum atomic E-state index is 0.0501. The Kier molecular flexibility index (Phi) is 4.90. The first-order valence-corrected chi connectivity index (χ1v) is 7.05. The Morgan fingerprint density at radius 1 is 1.40 bits per heavy atom. The van der Waals surface area contributed by atoms with E-state index in [9.17, 15) is 4.91 Å². The lowest BCUT2D eigenvalue weighted by molar-refractivity contribution is 0.310. The maximum atomic E-state index is 10.5. The van der Waals surface area contributed by atoms with Gasteiger partial charge in [-0.25, -0.2) is 0 Å². The third-order valence-electron chi connectivity index (χ3n) is 3.19. The van der Waals surface area contributed by atoms with Crippen molar-refractivity contribution in [3.05, 3.63) is 39.4 Å². The minimum absolute atomic E-state index is 0.0501. The lowest BCUT2D eigenvalue weighted by atomic mass is 10.1. The van der Waals surface area contributed by atoms with Gasteiger partial charge < -0.3 is 4.74 Å². The van der Waals surface area contributed by atoms with Crippen LogP contribution in [-0.4, -0.2) is 11.6 Å². The number of benzene rings is 1. The number of fused-ring (bicyclic) bond motifs is 1. The van der Waals surface area contributed by atoms with Gasteiger partial charge in [0.2, 0.25) is 0 Å². The fourth-order valence-corrected chi connectivity index (χ4v) is 2.24. The highest BCUT2D eigenvalue weighted by Gasteiger charge is 2.13. The number of unbranched alkanes of at least 4 members (excludes halogenated alkanes) is 1. The van der Waals surface area contributed by atoms with E-state index in [-0.39, 0.29) is 6.54 Å². The predicted octanol–water partition coefficient (Wildman–Crippen LogP) is 4.64. The van der Waals surface area contributed by atoms with E-state index in [1.807, 2.05) is 19.1 Å². The first kappa shape index (κ1) is 14.7. The monoisotopic (exact) mass is 292 g/mol. The van der Waals surface area contributed by atoms with Crippen LogP contribution in [0.4, 0.5) is 0 Å². The molecular weight excluding hydrogens is 276 g/mol. The summed E-state index contributed by atoms with van der Waals surface area (Å²) < 4.78 is 5.89. The van der Waals surface area contributed by atoms with Crippen LogP contribution in [0.5, 0.6) is 5.75 Å². The molecule has 1 aromatic heterocycles. The number of nitroso groups, excluding NO2 is 1. The zero-order chi connectivity index (χ0) is 14.5. The highest BCUT2D eigenvalue weighted by atomic mass is 35.5. The molecule has 0 atom stereocenters. The molecule has 2 rings (SSSR count). The third kappa shape index (κ3) is 3.07. The minimum Gasteiger partial charge on any atom is -0.493 e. The van der Waals surface area contributed by atoms with E-state index in [0.717, 1.165) is 35.1 Å². The molecule has 0 amide bonds. The molecule has 0 N–H and O–H groups in total. The summed E-state index contributed by atoms with van der Waals surface area (Å²) in [5.74, 6) is 0.754. The summed E-state index contributed by atoms with van der Waals surface area (Å²) in [6, 6.07) is 5.45. The number of halogens is 1. The molecule has 0 aliphatic heterocycles. The Bertz CT molecular complexity index is 629. The number of rotatable bonds is 6. The van der Waals surface area contributed by atoms with Crippen LogP contribution in [0.15, 0.2) is 23.4 Å². The van der Waals surface area contributed by atoms with E-state index in [2.05, 4.69) is 17.1 Å². The molecule has 0 bridgehead atoms. The number of hydrogen-bond acceptors (Lipinski definition) is 4. The van der Waals surface area contributed by atoms with Gasteiger partial charge in [0.25, 0.3) is 0 Å². The average Bonchev–Trinajstić information content (AvgIpc) is 2.43. The van der Waals surface area contributed by atoms with Gasteiger partial charge in [-0.1, -0.05) is 30.1 Å². The van der Waals surface area contributed by atoms with Crippen molar-refractivity contribution in [3.8, 4) is 5.75 Å². The maximum absolute atomic E-state index is 10.5. The van der Waals surface area contributed by atoms with Crippen LogP contribution in [-0.2, 0) is 6.54 Å². The summed E-state index contributed by atoms with van der Waals surface area (Å²) >= 11 is 6.05. The molecule has 106 valence electrons. The van der Waals surface area contributed by atoms with Crippen molar-refractivity contribution in [3.63, 3.8) is 0 Å². The van der Waals surface area contributed by atoms with E-state index >= 15 is 0 Å². The molecule has 0 spiro atoms. The normalized spacial score (nSPS) is 10.8. The fourth-order valence-electron chi connectivity index (χ4n) is 2.07. The van der Waals surface area contributed by atoms with Crippen molar-refractivity contribution in [1.82, 2.24) is 4.98 Å². The SMILES string of the molecule is CCCCOc1c(C)c(CN=O)nc2ccc(Cl)cc12. The van der Waals surface area contributed by atoms with E-state index in [1.165, 1.54) is 0 Å². The van der Waals surface area contributed by atoms with Crippen molar-refractivity contribution in [1.29, 1.82) is 0 Å². The number of pyridine rings is 1. The van der Waals surface area contributed by atoms with Crippen LogP contribution < -0.4 is 4.74 Å². The van der Waals surface area contributed by atoms with Gasteiger partial charge in [-0.15, -0.1) is 0 Å². The quantitative estimate of drug-likeness (QED) is 0.575. The van der Waals surface area contributed by atoms with Crippen molar-refractivity contribution in [2.45, 2.75) is 33.2 Å². The molecule has 0 saturated heterocycles. The van der Waals surface area contributed by atoms with Crippen LogP contribution in [0.3, 0.4) is 0 Å². The molecule has 0 saturated carbocycles. The maximum Gasteiger partial charge on any atom is 0.133 e. The van der Waals surface area contributed by atoms with Crippen LogP contribution in [0.25, 0.3) is 10.9 Å². The zero-order valence-corrected chi connectivity index (χ0v) is 12.4. The Hall–Kier alpha value is -1.68.